The summed E-state index contributed by atoms with van der Waals surface area (Å²) in [6.07, 6.45) is 2.51. The molecule has 0 bridgehead atoms. The van der Waals surface area contributed by atoms with E-state index in [1.165, 1.54) is 40.2 Å². The van der Waals surface area contributed by atoms with Gasteiger partial charge in [0.15, 0.2) is 0 Å². The summed E-state index contributed by atoms with van der Waals surface area (Å²) in [5.41, 5.74) is 0.808. The minimum Gasteiger partial charge on any atom is -0.322 e. The molecule has 1 aliphatic rings. The van der Waals surface area contributed by atoms with Crippen LogP contribution >= 0.6 is 0 Å². The van der Waals surface area contributed by atoms with Gasteiger partial charge in [-0.05, 0) is 67.1 Å². The molecule has 1 N–H and O–H groups in total. The van der Waals surface area contributed by atoms with Gasteiger partial charge in [-0.25, -0.2) is 17.2 Å². The van der Waals surface area contributed by atoms with Gasteiger partial charge in [-0.3, -0.25) is 4.79 Å². The van der Waals surface area contributed by atoms with Gasteiger partial charge in [-0.15, -0.1) is 0 Å². The molecule has 172 valence electrons. The number of benzene rings is 3. The van der Waals surface area contributed by atoms with Gasteiger partial charge in [-0.2, -0.15) is 4.31 Å². The third kappa shape index (κ3) is 5.29. The highest BCUT2D eigenvalue weighted by molar-refractivity contribution is 7.89. The van der Waals surface area contributed by atoms with E-state index in [4.69, 9.17) is 0 Å². The quantitative estimate of drug-likeness (QED) is 0.560. The summed E-state index contributed by atoms with van der Waals surface area (Å²) in [5, 5.41) is 2.40. The zero-order valence-corrected chi connectivity index (χ0v) is 18.7. The van der Waals surface area contributed by atoms with Crippen molar-refractivity contribution in [2.45, 2.75) is 24.2 Å². The third-order valence-corrected chi connectivity index (χ3v) is 7.79. The third-order valence-electron chi connectivity index (χ3n) is 5.88. The molecule has 1 amide bonds. The van der Waals surface area contributed by atoms with Crippen LogP contribution in [0, 0.1) is 17.6 Å². The van der Waals surface area contributed by atoms with E-state index < -0.39 is 33.1 Å². The van der Waals surface area contributed by atoms with Crippen molar-refractivity contribution in [2.75, 3.05) is 18.4 Å². The number of carbonyl (C=O) groups is 1. The SMILES string of the molecule is O=C(Nc1ccc(S(=O)(=O)N2CCC(Cc3ccccc3)CC2)cc1)c1c(F)cccc1F. The smallest absolute Gasteiger partial charge is 0.261 e. The first kappa shape index (κ1) is 23.1. The van der Waals surface area contributed by atoms with Crippen molar-refractivity contribution in [1.29, 1.82) is 0 Å². The lowest BCUT2D eigenvalue weighted by Crippen LogP contribution is -2.38. The zero-order valence-electron chi connectivity index (χ0n) is 17.9. The lowest BCUT2D eigenvalue weighted by Gasteiger charge is -2.31. The molecule has 1 fully saturated rings. The van der Waals surface area contributed by atoms with Crippen LogP contribution in [0.1, 0.15) is 28.8 Å². The normalized spacial score (nSPS) is 15.3. The summed E-state index contributed by atoms with van der Waals surface area (Å²) < 4.78 is 55.1. The number of rotatable bonds is 6. The number of amides is 1. The van der Waals surface area contributed by atoms with Crippen molar-refractivity contribution in [1.82, 2.24) is 4.31 Å². The van der Waals surface area contributed by atoms with Crippen molar-refractivity contribution in [3.8, 4) is 0 Å². The first-order chi connectivity index (χ1) is 15.8. The van der Waals surface area contributed by atoms with Crippen LogP contribution in [0.3, 0.4) is 0 Å². The van der Waals surface area contributed by atoms with Crippen LogP contribution in [0.15, 0.2) is 77.7 Å². The molecule has 0 aliphatic carbocycles. The van der Waals surface area contributed by atoms with Gasteiger partial charge in [0, 0.05) is 18.8 Å². The second-order valence-corrected chi connectivity index (χ2v) is 10.1. The van der Waals surface area contributed by atoms with Gasteiger partial charge in [0.2, 0.25) is 10.0 Å². The number of piperidine rings is 1. The van der Waals surface area contributed by atoms with Gasteiger partial charge < -0.3 is 5.32 Å². The van der Waals surface area contributed by atoms with Crippen LogP contribution in [0.5, 0.6) is 0 Å². The fourth-order valence-corrected chi connectivity index (χ4v) is 5.54. The summed E-state index contributed by atoms with van der Waals surface area (Å²) in [4.78, 5) is 12.3. The zero-order chi connectivity index (χ0) is 23.4. The Balaban J connectivity index is 1.38. The Morgan fingerprint density at radius 2 is 1.48 bits per heavy atom. The number of hydrogen-bond acceptors (Lipinski definition) is 3. The van der Waals surface area contributed by atoms with E-state index in [-0.39, 0.29) is 10.6 Å². The molecular formula is C25H24F2N2O3S. The average Bonchev–Trinajstić information content (AvgIpc) is 2.80. The Hall–Kier alpha value is -3.10. The fourth-order valence-electron chi connectivity index (χ4n) is 4.07. The number of hydrogen-bond donors (Lipinski definition) is 1. The highest BCUT2D eigenvalue weighted by atomic mass is 32.2. The van der Waals surface area contributed by atoms with E-state index in [2.05, 4.69) is 17.4 Å². The number of anilines is 1. The minimum absolute atomic E-state index is 0.110. The fraction of sp³-hybridized carbons (Fsp3) is 0.240. The van der Waals surface area contributed by atoms with E-state index in [1.54, 1.807) is 0 Å². The molecule has 3 aromatic carbocycles. The highest BCUT2D eigenvalue weighted by Gasteiger charge is 2.29. The van der Waals surface area contributed by atoms with Crippen LogP contribution < -0.4 is 5.32 Å². The first-order valence-electron chi connectivity index (χ1n) is 10.7. The summed E-state index contributed by atoms with van der Waals surface area (Å²) >= 11 is 0. The van der Waals surface area contributed by atoms with Crippen molar-refractivity contribution < 1.29 is 22.0 Å². The molecule has 3 aromatic rings. The van der Waals surface area contributed by atoms with Gasteiger partial charge in [-0.1, -0.05) is 36.4 Å². The molecule has 0 aromatic heterocycles. The Morgan fingerprint density at radius 3 is 2.09 bits per heavy atom. The molecule has 4 rings (SSSR count). The van der Waals surface area contributed by atoms with Gasteiger partial charge in [0.1, 0.15) is 17.2 Å². The molecule has 1 saturated heterocycles. The van der Waals surface area contributed by atoms with E-state index in [0.29, 0.717) is 19.0 Å². The molecule has 0 atom stereocenters. The molecule has 0 radical (unpaired) electrons. The summed E-state index contributed by atoms with van der Waals surface area (Å²) in [6.45, 7) is 0.899. The van der Waals surface area contributed by atoms with Crippen LogP contribution in [0.2, 0.25) is 0 Å². The molecule has 5 nitrogen and oxygen atoms in total. The number of nitrogens with zero attached hydrogens (tertiary/aromatic N) is 1. The average molecular weight is 471 g/mol. The summed E-state index contributed by atoms with van der Waals surface area (Å²) in [6, 6.07) is 18.9. The number of nitrogens with one attached hydrogen (secondary N) is 1. The van der Waals surface area contributed by atoms with Gasteiger partial charge in [0.25, 0.3) is 5.91 Å². The van der Waals surface area contributed by atoms with Crippen molar-refractivity contribution in [2.24, 2.45) is 5.92 Å². The highest BCUT2D eigenvalue weighted by Crippen LogP contribution is 2.27. The Kier molecular flexibility index (Phi) is 6.85. The minimum atomic E-state index is -3.67. The molecule has 33 heavy (non-hydrogen) atoms. The monoisotopic (exact) mass is 470 g/mol. The molecule has 0 spiro atoms. The standard InChI is InChI=1S/C25H24F2N2O3S/c26-22-7-4-8-23(27)24(22)25(30)28-20-9-11-21(12-10-20)33(31,32)29-15-13-19(14-16-29)17-18-5-2-1-3-6-18/h1-12,19H,13-17H2,(H,28,30). The van der Waals surface area contributed by atoms with E-state index >= 15 is 0 Å². The topological polar surface area (TPSA) is 66.5 Å². The molecule has 1 heterocycles. The summed E-state index contributed by atoms with van der Waals surface area (Å²) in [7, 11) is -3.67. The molecule has 0 saturated carbocycles. The Morgan fingerprint density at radius 1 is 0.879 bits per heavy atom. The summed E-state index contributed by atoms with van der Waals surface area (Å²) in [5.74, 6) is -2.44. The number of halogens is 2. The van der Waals surface area contributed by atoms with Gasteiger partial charge in [0.05, 0.1) is 4.90 Å². The Labute approximate surface area is 192 Å². The molecular weight excluding hydrogens is 446 g/mol. The lowest BCUT2D eigenvalue weighted by molar-refractivity contribution is 0.101. The predicted molar refractivity (Wildman–Crippen MR) is 122 cm³/mol. The lowest BCUT2D eigenvalue weighted by atomic mass is 9.91. The molecule has 1 aliphatic heterocycles. The maximum absolute atomic E-state index is 13.8. The van der Waals surface area contributed by atoms with Gasteiger partial charge >= 0.3 is 0 Å². The first-order valence-corrected chi connectivity index (χ1v) is 12.2. The van der Waals surface area contributed by atoms with Crippen LogP contribution in [-0.4, -0.2) is 31.7 Å². The van der Waals surface area contributed by atoms with E-state index in [9.17, 15) is 22.0 Å². The van der Waals surface area contributed by atoms with Crippen molar-refractivity contribution >= 4 is 21.6 Å². The second kappa shape index (κ2) is 9.80. The van der Waals surface area contributed by atoms with Crippen LogP contribution in [0.4, 0.5) is 14.5 Å². The second-order valence-electron chi connectivity index (χ2n) is 8.11. The molecule has 8 heteroatoms. The molecule has 0 unspecified atom stereocenters. The Bertz CT molecular complexity index is 1200. The van der Waals surface area contributed by atoms with E-state index in [0.717, 1.165) is 31.4 Å². The van der Waals surface area contributed by atoms with Crippen LogP contribution in [0.25, 0.3) is 0 Å². The number of sulfonamides is 1. The van der Waals surface area contributed by atoms with Crippen molar-refractivity contribution in [3.05, 3.63) is 95.6 Å². The number of carbonyl (C=O) groups excluding carboxylic acids is 1. The largest absolute Gasteiger partial charge is 0.322 e. The van der Waals surface area contributed by atoms with Crippen LogP contribution in [-0.2, 0) is 16.4 Å². The van der Waals surface area contributed by atoms with Crippen molar-refractivity contribution in [3.63, 3.8) is 0 Å². The maximum Gasteiger partial charge on any atom is 0.261 e. The maximum atomic E-state index is 13.8. The van der Waals surface area contributed by atoms with E-state index in [1.807, 2.05) is 18.2 Å². The predicted octanol–water partition coefficient (Wildman–Crippen LogP) is 4.86.